The van der Waals surface area contributed by atoms with Gasteiger partial charge in [-0.15, -0.1) is 10.2 Å². The van der Waals surface area contributed by atoms with E-state index in [-0.39, 0.29) is 41.5 Å². The standard InChI is InChI=1S/C30H23ClF7N7O/c31-20-2-1-17(22(32)9-20)14-46-26-21(29(33,34)35)8-16-3-6-45(13-24(16)41-26)12-23-18(10-28(15-39)4-5-28)7-19(11-40-23)25-42-27(44-43-25)30(36,37)38/h1-2,7-9,11H,3-6,10,12-14H2,(H,42,43,44). The van der Waals surface area contributed by atoms with Crippen molar-refractivity contribution in [1.29, 1.82) is 5.26 Å². The zero-order valence-corrected chi connectivity index (χ0v) is 24.5. The van der Waals surface area contributed by atoms with Gasteiger partial charge in [0.1, 0.15) is 18.0 Å². The number of nitriles is 1. The SMILES string of the molecule is N#CC1(Cc2cc(-c3nnc(C(F)(F)F)[nH]3)cnc2CN2CCc3cc(C(F)(F)F)c(OCc4ccc(Cl)cc4F)nc3C2)CC1. The Morgan fingerprint density at radius 2 is 1.83 bits per heavy atom. The largest absolute Gasteiger partial charge is 0.472 e. The molecule has 240 valence electrons. The first-order valence-electron chi connectivity index (χ1n) is 14.0. The zero-order valence-electron chi connectivity index (χ0n) is 23.7. The Morgan fingerprint density at radius 1 is 1.04 bits per heavy atom. The number of ether oxygens (including phenoxy) is 1. The average Bonchev–Trinajstić information content (AvgIpc) is 3.57. The number of halogens is 8. The molecule has 2 aliphatic rings. The van der Waals surface area contributed by atoms with Crippen molar-refractivity contribution < 1.29 is 35.5 Å². The molecule has 0 unspecified atom stereocenters. The van der Waals surface area contributed by atoms with Crippen LogP contribution < -0.4 is 4.74 Å². The summed E-state index contributed by atoms with van der Waals surface area (Å²) in [5.74, 6) is -2.79. The lowest BCUT2D eigenvalue weighted by Crippen LogP contribution is -2.32. The number of fused-ring (bicyclic) bond motifs is 1. The van der Waals surface area contributed by atoms with Crippen molar-refractivity contribution in [3.8, 4) is 23.3 Å². The molecule has 4 aromatic rings. The molecule has 3 aromatic heterocycles. The number of aromatic nitrogens is 5. The quantitative estimate of drug-likeness (QED) is 0.201. The van der Waals surface area contributed by atoms with Crippen LogP contribution in [0.4, 0.5) is 30.7 Å². The first kappa shape index (κ1) is 31.7. The molecule has 0 saturated heterocycles. The summed E-state index contributed by atoms with van der Waals surface area (Å²) in [5.41, 5.74) is 0.540. The number of H-pyrrole nitrogens is 1. The van der Waals surface area contributed by atoms with Gasteiger partial charge >= 0.3 is 12.4 Å². The van der Waals surface area contributed by atoms with Crippen LogP contribution in [-0.4, -0.2) is 36.6 Å². The fourth-order valence-electron chi connectivity index (χ4n) is 5.27. The Labute approximate surface area is 262 Å². The minimum atomic E-state index is -4.77. The van der Waals surface area contributed by atoms with Gasteiger partial charge in [0.25, 0.3) is 0 Å². The van der Waals surface area contributed by atoms with E-state index in [0.717, 1.165) is 12.1 Å². The highest BCUT2D eigenvalue weighted by atomic mass is 35.5. The van der Waals surface area contributed by atoms with Crippen LogP contribution in [0, 0.1) is 22.6 Å². The lowest BCUT2D eigenvalue weighted by atomic mass is 9.95. The highest BCUT2D eigenvalue weighted by molar-refractivity contribution is 6.30. The number of benzene rings is 1. The van der Waals surface area contributed by atoms with Gasteiger partial charge < -0.3 is 9.72 Å². The van der Waals surface area contributed by atoms with Crippen LogP contribution >= 0.6 is 11.6 Å². The van der Waals surface area contributed by atoms with Gasteiger partial charge in [-0.05, 0) is 61.1 Å². The van der Waals surface area contributed by atoms with Crippen molar-refractivity contribution in [3.63, 3.8) is 0 Å². The molecule has 0 amide bonds. The monoisotopic (exact) mass is 665 g/mol. The van der Waals surface area contributed by atoms with E-state index in [1.54, 1.807) is 6.07 Å². The van der Waals surface area contributed by atoms with Gasteiger partial charge in [-0.3, -0.25) is 9.88 Å². The molecule has 1 aliphatic carbocycles. The molecule has 8 nitrogen and oxygen atoms in total. The predicted molar refractivity (Wildman–Crippen MR) is 148 cm³/mol. The molecule has 0 atom stereocenters. The maximum Gasteiger partial charge on any atom is 0.451 e. The van der Waals surface area contributed by atoms with Crippen LogP contribution in [0.25, 0.3) is 11.4 Å². The van der Waals surface area contributed by atoms with Crippen molar-refractivity contribution in [2.45, 2.75) is 57.7 Å². The van der Waals surface area contributed by atoms with Gasteiger partial charge in [0.05, 0.1) is 22.9 Å². The van der Waals surface area contributed by atoms with Gasteiger partial charge in [-0.2, -0.15) is 31.6 Å². The Balaban J connectivity index is 1.26. The van der Waals surface area contributed by atoms with E-state index >= 15 is 0 Å². The summed E-state index contributed by atoms with van der Waals surface area (Å²) < 4.78 is 101. The summed E-state index contributed by atoms with van der Waals surface area (Å²) in [6.45, 7) is 0.237. The molecule has 4 heterocycles. The number of nitrogens with zero attached hydrogens (tertiary/aromatic N) is 6. The van der Waals surface area contributed by atoms with E-state index < -0.39 is 47.5 Å². The Hall–Kier alpha value is -4.29. The van der Waals surface area contributed by atoms with E-state index in [4.69, 9.17) is 16.3 Å². The molecule has 46 heavy (non-hydrogen) atoms. The third kappa shape index (κ3) is 6.78. The van der Waals surface area contributed by atoms with E-state index in [1.165, 1.54) is 18.3 Å². The fourth-order valence-corrected chi connectivity index (χ4v) is 5.43. The summed E-state index contributed by atoms with van der Waals surface area (Å²) in [6.07, 6.45) is -6.23. The number of nitrogens with one attached hydrogen (secondary N) is 1. The van der Waals surface area contributed by atoms with Crippen LogP contribution in [0.2, 0.25) is 5.02 Å². The third-order valence-electron chi connectivity index (χ3n) is 7.99. The molecule has 1 aliphatic heterocycles. The van der Waals surface area contributed by atoms with E-state index in [1.807, 2.05) is 4.90 Å². The first-order valence-corrected chi connectivity index (χ1v) is 14.4. The van der Waals surface area contributed by atoms with Crippen LogP contribution in [0.15, 0.2) is 36.5 Å². The van der Waals surface area contributed by atoms with Gasteiger partial charge in [-0.1, -0.05) is 17.7 Å². The molecule has 0 spiro atoms. The van der Waals surface area contributed by atoms with Gasteiger partial charge in [-0.25, -0.2) is 9.37 Å². The van der Waals surface area contributed by atoms with Gasteiger partial charge in [0.15, 0.2) is 5.82 Å². The minimum absolute atomic E-state index is 0.00601. The molecule has 0 radical (unpaired) electrons. The molecular formula is C30H23ClF7N7O. The molecule has 1 aromatic carbocycles. The van der Waals surface area contributed by atoms with Crippen molar-refractivity contribution in [2.75, 3.05) is 6.54 Å². The zero-order chi connectivity index (χ0) is 32.9. The summed E-state index contributed by atoms with van der Waals surface area (Å²) >= 11 is 5.76. The van der Waals surface area contributed by atoms with Crippen molar-refractivity contribution >= 4 is 11.6 Å². The first-order chi connectivity index (χ1) is 21.7. The molecule has 16 heteroatoms. The predicted octanol–water partition coefficient (Wildman–Crippen LogP) is 7.08. The molecular weight excluding hydrogens is 643 g/mol. The Morgan fingerprint density at radius 3 is 2.48 bits per heavy atom. The number of hydrogen-bond acceptors (Lipinski definition) is 7. The van der Waals surface area contributed by atoms with Gasteiger partial charge in [0.2, 0.25) is 11.7 Å². The second-order valence-corrected chi connectivity index (χ2v) is 11.8. The van der Waals surface area contributed by atoms with E-state index in [9.17, 15) is 36.0 Å². The van der Waals surface area contributed by atoms with Crippen molar-refractivity contribution in [2.24, 2.45) is 5.41 Å². The summed E-state index contributed by atoms with van der Waals surface area (Å²) in [4.78, 5) is 12.8. The van der Waals surface area contributed by atoms with Crippen LogP contribution in [-0.2, 0) is 44.9 Å². The Kier molecular flexibility index (Phi) is 8.14. The highest BCUT2D eigenvalue weighted by Crippen LogP contribution is 2.48. The molecule has 0 bridgehead atoms. The maximum atomic E-state index is 14.3. The average molecular weight is 666 g/mol. The minimum Gasteiger partial charge on any atom is -0.472 e. The second kappa shape index (κ2) is 11.8. The van der Waals surface area contributed by atoms with Crippen LogP contribution in [0.3, 0.4) is 0 Å². The third-order valence-corrected chi connectivity index (χ3v) is 8.23. The number of alkyl halides is 6. The normalized spacial score (nSPS) is 16.2. The summed E-state index contributed by atoms with van der Waals surface area (Å²) in [7, 11) is 0. The fraction of sp³-hybridized carbons (Fsp3) is 0.367. The second-order valence-electron chi connectivity index (χ2n) is 11.3. The summed E-state index contributed by atoms with van der Waals surface area (Å²) in [5, 5.41) is 16.6. The number of aromatic amines is 1. The van der Waals surface area contributed by atoms with Crippen molar-refractivity contribution in [1.82, 2.24) is 30.0 Å². The van der Waals surface area contributed by atoms with Gasteiger partial charge in [0, 0.05) is 42.0 Å². The molecule has 6 rings (SSSR count). The number of hydrogen-bond donors (Lipinski definition) is 1. The number of rotatable bonds is 8. The lowest BCUT2D eigenvalue weighted by Gasteiger charge is -2.29. The molecule has 1 saturated carbocycles. The highest BCUT2D eigenvalue weighted by Gasteiger charge is 2.44. The van der Waals surface area contributed by atoms with Crippen LogP contribution in [0.5, 0.6) is 5.88 Å². The van der Waals surface area contributed by atoms with Crippen LogP contribution in [0.1, 0.15) is 52.3 Å². The Bertz CT molecular complexity index is 1830. The molecule has 1 N–H and O–H groups in total. The van der Waals surface area contributed by atoms with E-state index in [2.05, 4.69) is 31.2 Å². The lowest BCUT2D eigenvalue weighted by molar-refractivity contribution is -0.144. The summed E-state index contributed by atoms with van der Waals surface area (Å²) in [6, 6.07) is 8.69. The topological polar surface area (TPSA) is 104 Å². The molecule has 1 fully saturated rings. The van der Waals surface area contributed by atoms with Crippen molar-refractivity contribution in [3.05, 3.63) is 86.8 Å². The smallest absolute Gasteiger partial charge is 0.451 e. The van der Waals surface area contributed by atoms with E-state index in [0.29, 0.717) is 48.3 Å². The maximum absolute atomic E-state index is 14.3. The number of pyridine rings is 2.